The summed E-state index contributed by atoms with van der Waals surface area (Å²) < 4.78 is 0. The SMILES string of the molecule is CC1CN(CC(=O)NCCO)CCS1. The number of rotatable bonds is 4. The van der Waals surface area contributed by atoms with Crippen LogP contribution in [-0.2, 0) is 4.79 Å². The van der Waals surface area contributed by atoms with Crippen molar-refractivity contribution in [2.75, 3.05) is 38.5 Å². The molecule has 0 bridgehead atoms. The summed E-state index contributed by atoms with van der Waals surface area (Å²) in [6, 6.07) is 0. The molecule has 1 heterocycles. The van der Waals surface area contributed by atoms with E-state index in [2.05, 4.69) is 17.1 Å². The zero-order valence-electron chi connectivity index (χ0n) is 8.53. The van der Waals surface area contributed by atoms with Crippen LogP contribution in [0.25, 0.3) is 0 Å². The minimum absolute atomic E-state index is 0.0119. The van der Waals surface area contributed by atoms with Gasteiger partial charge in [0.1, 0.15) is 0 Å². The van der Waals surface area contributed by atoms with Gasteiger partial charge >= 0.3 is 0 Å². The van der Waals surface area contributed by atoms with Gasteiger partial charge in [-0.2, -0.15) is 11.8 Å². The van der Waals surface area contributed by atoms with Crippen molar-refractivity contribution in [2.45, 2.75) is 12.2 Å². The number of carbonyl (C=O) groups excluding carboxylic acids is 1. The van der Waals surface area contributed by atoms with Crippen LogP contribution in [0.2, 0.25) is 0 Å². The van der Waals surface area contributed by atoms with E-state index in [1.165, 1.54) is 0 Å². The van der Waals surface area contributed by atoms with Gasteiger partial charge in [-0.15, -0.1) is 0 Å². The number of nitrogens with one attached hydrogen (secondary N) is 1. The quantitative estimate of drug-likeness (QED) is 0.670. The van der Waals surface area contributed by atoms with Crippen LogP contribution in [0.15, 0.2) is 0 Å². The Bertz CT molecular complexity index is 190. The maximum Gasteiger partial charge on any atom is 0.234 e. The Morgan fingerprint density at radius 1 is 1.71 bits per heavy atom. The molecule has 0 aliphatic carbocycles. The third-order valence-electron chi connectivity index (χ3n) is 2.13. The smallest absolute Gasteiger partial charge is 0.234 e. The minimum Gasteiger partial charge on any atom is -0.395 e. The predicted octanol–water partition coefficient (Wildman–Crippen LogP) is -0.468. The van der Waals surface area contributed by atoms with Gasteiger partial charge in [-0.25, -0.2) is 0 Å². The lowest BCUT2D eigenvalue weighted by molar-refractivity contribution is -0.122. The second-order valence-electron chi connectivity index (χ2n) is 3.49. The second kappa shape index (κ2) is 6.27. The van der Waals surface area contributed by atoms with Crippen molar-refractivity contribution in [1.29, 1.82) is 0 Å². The Balaban J connectivity index is 2.18. The number of aliphatic hydroxyl groups excluding tert-OH is 1. The van der Waals surface area contributed by atoms with Crippen LogP contribution in [0.4, 0.5) is 0 Å². The fraction of sp³-hybridized carbons (Fsp3) is 0.889. The molecule has 0 aromatic rings. The van der Waals surface area contributed by atoms with Crippen molar-refractivity contribution >= 4 is 17.7 Å². The molecule has 1 aliphatic rings. The number of hydrogen-bond acceptors (Lipinski definition) is 4. The molecule has 0 aromatic carbocycles. The standard InChI is InChI=1S/C9H18N2O2S/c1-8-6-11(3-5-14-8)7-9(13)10-2-4-12/h8,12H,2-7H2,1H3,(H,10,13). The number of thioether (sulfide) groups is 1. The number of aliphatic hydroxyl groups is 1. The molecule has 1 unspecified atom stereocenters. The lowest BCUT2D eigenvalue weighted by Crippen LogP contribution is -2.43. The highest BCUT2D eigenvalue weighted by Gasteiger charge is 2.18. The fourth-order valence-electron chi connectivity index (χ4n) is 1.49. The lowest BCUT2D eigenvalue weighted by atomic mass is 10.3. The average molecular weight is 218 g/mol. The molecule has 14 heavy (non-hydrogen) atoms. The summed E-state index contributed by atoms with van der Waals surface area (Å²) in [5, 5.41) is 11.8. The van der Waals surface area contributed by atoms with E-state index in [-0.39, 0.29) is 12.5 Å². The first-order valence-electron chi connectivity index (χ1n) is 4.94. The van der Waals surface area contributed by atoms with Crippen LogP contribution >= 0.6 is 11.8 Å². The molecular weight excluding hydrogens is 200 g/mol. The van der Waals surface area contributed by atoms with Gasteiger partial charge in [0.05, 0.1) is 13.2 Å². The molecule has 1 rings (SSSR count). The van der Waals surface area contributed by atoms with Crippen molar-refractivity contribution in [1.82, 2.24) is 10.2 Å². The fourth-order valence-corrected chi connectivity index (χ4v) is 2.57. The maximum absolute atomic E-state index is 11.3. The third-order valence-corrected chi connectivity index (χ3v) is 3.26. The van der Waals surface area contributed by atoms with E-state index in [0.29, 0.717) is 18.3 Å². The van der Waals surface area contributed by atoms with Crippen molar-refractivity contribution in [3.05, 3.63) is 0 Å². The molecule has 5 heteroatoms. The Labute approximate surface area is 89.0 Å². The predicted molar refractivity (Wildman–Crippen MR) is 58.5 cm³/mol. The summed E-state index contributed by atoms with van der Waals surface area (Å²) in [6.45, 7) is 4.99. The summed E-state index contributed by atoms with van der Waals surface area (Å²) in [7, 11) is 0. The van der Waals surface area contributed by atoms with E-state index in [1.807, 2.05) is 11.8 Å². The summed E-state index contributed by atoms with van der Waals surface area (Å²) in [5.41, 5.74) is 0. The first-order chi connectivity index (χ1) is 6.72. The van der Waals surface area contributed by atoms with Gasteiger partial charge in [0.15, 0.2) is 0 Å². The molecule has 4 nitrogen and oxygen atoms in total. The largest absolute Gasteiger partial charge is 0.395 e. The highest BCUT2D eigenvalue weighted by Crippen LogP contribution is 2.16. The Hall–Kier alpha value is -0.260. The Morgan fingerprint density at radius 3 is 3.14 bits per heavy atom. The summed E-state index contributed by atoms with van der Waals surface area (Å²) in [5.74, 6) is 1.12. The van der Waals surface area contributed by atoms with Gasteiger partial charge in [0, 0.05) is 30.6 Å². The number of nitrogens with zero attached hydrogens (tertiary/aromatic N) is 1. The monoisotopic (exact) mass is 218 g/mol. The molecule has 0 radical (unpaired) electrons. The molecule has 2 N–H and O–H groups in total. The molecule has 1 fully saturated rings. The zero-order chi connectivity index (χ0) is 10.4. The molecule has 0 saturated carbocycles. The summed E-state index contributed by atoms with van der Waals surface area (Å²) >= 11 is 1.95. The van der Waals surface area contributed by atoms with Gasteiger partial charge in [-0.3, -0.25) is 9.69 Å². The van der Waals surface area contributed by atoms with E-state index >= 15 is 0 Å². The molecule has 1 amide bonds. The Morgan fingerprint density at radius 2 is 2.50 bits per heavy atom. The average Bonchev–Trinajstić information content (AvgIpc) is 2.15. The first kappa shape index (κ1) is 11.8. The van der Waals surface area contributed by atoms with Crippen LogP contribution in [0, 0.1) is 0 Å². The highest BCUT2D eigenvalue weighted by atomic mass is 32.2. The van der Waals surface area contributed by atoms with Crippen molar-refractivity contribution in [3.63, 3.8) is 0 Å². The van der Waals surface area contributed by atoms with Gasteiger partial charge < -0.3 is 10.4 Å². The van der Waals surface area contributed by atoms with Crippen LogP contribution in [0.1, 0.15) is 6.92 Å². The van der Waals surface area contributed by atoms with Gasteiger partial charge in [-0.05, 0) is 0 Å². The van der Waals surface area contributed by atoms with E-state index in [4.69, 9.17) is 5.11 Å². The third kappa shape index (κ3) is 4.30. The molecule has 0 aromatic heterocycles. The van der Waals surface area contributed by atoms with Crippen molar-refractivity contribution in [3.8, 4) is 0 Å². The van der Waals surface area contributed by atoms with Crippen LogP contribution < -0.4 is 5.32 Å². The minimum atomic E-state index is 0.0119. The van der Waals surface area contributed by atoms with E-state index < -0.39 is 0 Å². The summed E-state index contributed by atoms with van der Waals surface area (Å²) in [6.07, 6.45) is 0. The zero-order valence-corrected chi connectivity index (χ0v) is 9.35. The van der Waals surface area contributed by atoms with Gasteiger partial charge in [0.25, 0.3) is 0 Å². The van der Waals surface area contributed by atoms with Crippen LogP contribution in [0.3, 0.4) is 0 Å². The summed E-state index contributed by atoms with van der Waals surface area (Å²) in [4.78, 5) is 13.5. The molecule has 1 aliphatic heterocycles. The Kier molecular flexibility index (Phi) is 5.29. The molecule has 82 valence electrons. The number of amides is 1. The van der Waals surface area contributed by atoms with Crippen LogP contribution in [-0.4, -0.2) is 59.7 Å². The normalized spacial score (nSPS) is 23.4. The second-order valence-corrected chi connectivity index (χ2v) is 5.04. The molecular formula is C9H18N2O2S. The topological polar surface area (TPSA) is 52.6 Å². The van der Waals surface area contributed by atoms with E-state index in [1.54, 1.807) is 0 Å². The van der Waals surface area contributed by atoms with E-state index in [9.17, 15) is 4.79 Å². The number of hydrogen-bond donors (Lipinski definition) is 2. The van der Waals surface area contributed by atoms with Crippen LogP contribution in [0.5, 0.6) is 0 Å². The molecule has 1 saturated heterocycles. The molecule has 1 atom stereocenters. The highest BCUT2D eigenvalue weighted by molar-refractivity contribution is 7.99. The maximum atomic E-state index is 11.3. The molecule has 0 spiro atoms. The van der Waals surface area contributed by atoms with E-state index in [0.717, 1.165) is 18.8 Å². The van der Waals surface area contributed by atoms with Crippen molar-refractivity contribution < 1.29 is 9.90 Å². The lowest BCUT2D eigenvalue weighted by Gasteiger charge is -2.29. The number of carbonyl (C=O) groups is 1. The first-order valence-corrected chi connectivity index (χ1v) is 5.98. The van der Waals surface area contributed by atoms with Gasteiger partial charge in [-0.1, -0.05) is 6.92 Å². The van der Waals surface area contributed by atoms with Gasteiger partial charge in [0.2, 0.25) is 5.91 Å². The van der Waals surface area contributed by atoms with Crippen molar-refractivity contribution in [2.24, 2.45) is 0 Å².